The summed E-state index contributed by atoms with van der Waals surface area (Å²) in [7, 11) is 0. The zero-order valence-electron chi connectivity index (χ0n) is 13.1. The Balaban J connectivity index is 2.22. The van der Waals surface area contributed by atoms with E-state index in [9.17, 15) is 0 Å². The Morgan fingerprint density at radius 2 is 1.78 bits per heavy atom. The van der Waals surface area contributed by atoms with E-state index in [0.717, 1.165) is 25.4 Å². The quantitative estimate of drug-likeness (QED) is 0.742. The van der Waals surface area contributed by atoms with Crippen molar-refractivity contribution in [1.82, 2.24) is 5.32 Å². The van der Waals surface area contributed by atoms with Gasteiger partial charge in [-0.1, -0.05) is 34.6 Å². The molecule has 1 N–H and O–H groups in total. The van der Waals surface area contributed by atoms with Crippen LogP contribution in [0, 0.1) is 11.3 Å². The first-order valence-electron chi connectivity index (χ1n) is 7.79. The first kappa shape index (κ1) is 16.0. The van der Waals surface area contributed by atoms with Gasteiger partial charge in [0.05, 0.1) is 12.2 Å². The molecule has 0 spiro atoms. The van der Waals surface area contributed by atoms with E-state index in [1.807, 2.05) is 0 Å². The molecule has 1 rings (SSSR count). The highest BCUT2D eigenvalue weighted by Gasteiger charge is 2.28. The SMILES string of the molecule is CCC(CNCC(C)C)OC1CCC(C)(C)CC1. The van der Waals surface area contributed by atoms with Crippen molar-refractivity contribution in [2.24, 2.45) is 11.3 Å². The van der Waals surface area contributed by atoms with Gasteiger partial charge in [-0.25, -0.2) is 0 Å². The van der Waals surface area contributed by atoms with Crippen molar-refractivity contribution in [3.05, 3.63) is 0 Å². The summed E-state index contributed by atoms with van der Waals surface area (Å²) in [6.45, 7) is 13.6. The van der Waals surface area contributed by atoms with E-state index in [1.54, 1.807) is 0 Å². The van der Waals surface area contributed by atoms with Crippen LogP contribution in [0.5, 0.6) is 0 Å². The lowest BCUT2D eigenvalue weighted by atomic mass is 9.76. The van der Waals surface area contributed by atoms with E-state index in [-0.39, 0.29) is 0 Å². The lowest BCUT2D eigenvalue weighted by Crippen LogP contribution is -2.36. The molecule has 2 heteroatoms. The van der Waals surface area contributed by atoms with Crippen molar-refractivity contribution >= 4 is 0 Å². The highest BCUT2D eigenvalue weighted by atomic mass is 16.5. The Morgan fingerprint density at radius 1 is 1.17 bits per heavy atom. The maximum Gasteiger partial charge on any atom is 0.0700 e. The molecule has 0 aromatic rings. The van der Waals surface area contributed by atoms with Crippen LogP contribution in [0.4, 0.5) is 0 Å². The van der Waals surface area contributed by atoms with Gasteiger partial charge in [0.1, 0.15) is 0 Å². The largest absolute Gasteiger partial charge is 0.374 e. The van der Waals surface area contributed by atoms with Gasteiger partial charge in [-0.15, -0.1) is 0 Å². The highest BCUT2D eigenvalue weighted by molar-refractivity contribution is 4.79. The zero-order chi connectivity index (χ0) is 13.6. The standard InChI is InChI=1S/C16H33NO/c1-6-14(12-17-11-13(2)3)18-15-7-9-16(4,5)10-8-15/h13-15,17H,6-12H2,1-5H3. The molecule has 1 fully saturated rings. The molecule has 1 atom stereocenters. The van der Waals surface area contributed by atoms with Crippen molar-refractivity contribution in [2.75, 3.05) is 13.1 Å². The van der Waals surface area contributed by atoms with Gasteiger partial charge in [0, 0.05) is 6.54 Å². The van der Waals surface area contributed by atoms with E-state index in [2.05, 4.69) is 39.9 Å². The van der Waals surface area contributed by atoms with Crippen molar-refractivity contribution in [2.45, 2.75) is 78.9 Å². The van der Waals surface area contributed by atoms with Crippen LogP contribution in [-0.4, -0.2) is 25.3 Å². The average molecular weight is 255 g/mol. The summed E-state index contributed by atoms with van der Waals surface area (Å²) in [5.41, 5.74) is 0.539. The predicted molar refractivity (Wildman–Crippen MR) is 78.9 cm³/mol. The first-order chi connectivity index (χ1) is 8.43. The van der Waals surface area contributed by atoms with E-state index >= 15 is 0 Å². The van der Waals surface area contributed by atoms with Gasteiger partial charge in [-0.05, 0) is 50.0 Å². The Morgan fingerprint density at radius 3 is 2.28 bits per heavy atom. The molecule has 0 aromatic carbocycles. The first-order valence-corrected chi connectivity index (χ1v) is 7.79. The summed E-state index contributed by atoms with van der Waals surface area (Å²) >= 11 is 0. The monoisotopic (exact) mass is 255 g/mol. The lowest BCUT2D eigenvalue weighted by molar-refractivity contribution is -0.0455. The Kier molecular flexibility index (Phi) is 6.65. The Labute approximate surface area is 114 Å². The summed E-state index contributed by atoms with van der Waals surface area (Å²) in [5.74, 6) is 0.720. The fourth-order valence-corrected chi connectivity index (χ4v) is 2.60. The number of hydrogen-bond donors (Lipinski definition) is 1. The predicted octanol–water partition coefficient (Wildman–Crippen LogP) is 4.00. The van der Waals surface area contributed by atoms with Crippen LogP contribution >= 0.6 is 0 Å². The number of rotatable bonds is 7. The second-order valence-electron chi connectivity index (χ2n) is 7.08. The van der Waals surface area contributed by atoms with Crippen molar-refractivity contribution in [3.8, 4) is 0 Å². The topological polar surface area (TPSA) is 21.3 Å². The third kappa shape index (κ3) is 6.19. The zero-order valence-corrected chi connectivity index (χ0v) is 13.1. The van der Waals surface area contributed by atoms with Crippen molar-refractivity contribution in [1.29, 1.82) is 0 Å². The second-order valence-corrected chi connectivity index (χ2v) is 7.08. The average Bonchev–Trinajstić information content (AvgIpc) is 2.29. The maximum absolute atomic E-state index is 6.25. The second kappa shape index (κ2) is 7.49. The third-order valence-electron chi connectivity index (χ3n) is 4.05. The van der Waals surface area contributed by atoms with Crippen LogP contribution < -0.4 is 5.32 Å². The van der Waals surface area contributed by atoms with Crippen LogP contribution in [0.25, 0.3) is 0 Å². The van der Waals surface area contributed by atoms with Crippen LogP contribution in [0.1, 0.15) is 66.7 Å². The number of hydrogen-bond acceptors (Lipinski definition) is 2. The van der Waals surface area contributed by atoms with Gasteiger partial charge in [0.15, 0.2) is 0 Å². The van der Waals surface area contributed by atoms with Crippen LogP contribution in [0.2, 0.25) is 0 Å². The Hall–Kier alpha value is -0.0800. The highest BCUT2D eigenvalue weighted by Crippen LogP contribution is 2.36. The van der Waals surface area contributed by atoms with Crippen LogP contribution in [0.15, 0.2) is 0 Å². The van der Waals surface area contributed by atoms with E-state index in [1.165, 1.54) is 25.7 Å². The molecule has 2 nitrogen and oxygen atoms in total. The van der Waals surface area contributed by atoms with E-state index in [0.29, 0.717) is 17.6 Å². The molecule has 0 amide bonds. The summed E-state index contributed by atoms with van der Waals surface area (Å²) in [5, 5.41) is 3.52. The molecule has 0 heterocycles. The van der Waals surface area contributed by atoms with Crippen molar-refractivity contribution < 1.29 is 4.74 Å². The molecule has 0 aromatic heterocycles. The van der Waals surface area contributed by atoms with Gasteiger partial charge in [0.2, 0.25) is 0 Å². The Bertz CT molecular complexity index is 215. The fourth-order valence-electron chi connectivity index (χ4n) is 2.60. The van der Waals surface area contributed by atoms with Gasteiger partial charge < -0.3 is 10.1 Å². The fraction of sp³-hybridized carbons (Fsp3) is 1.00. The number of ether oxygens (including phenoxy) is 1. The van der Waals surface area contributed by atoms with E-state index < -0.39 is 0 Å². The summed E-state index contributed by atoms with van der Waals surface area (Å²) in [6.07, 6.45) is 7.13. The molecule has 108 valence electrons. The molecule has 0 aliphatic heterocycles. The number of nitrogens with one attached hydrogen (secondary N) is 1. The smallest absolute Gasteiger partial charge is 0.0700 e. The van der Waals surface area contributed by atoms with Crippen LogP contribution in [-0.2, 0) is 4.74 Å². The molecule has 0 radical (unpaired) electrons. The van der Waals surface area contributed by atoms with Gasteiger partial charge in [-0.2, -0.15) is 0 Å². The normalized spacial score (nSPS) is 22.3. The lowest BCUT2D eigenvalue weighted by Gasteiger charge is -2.35. The molecule has 1 saturated carbocycles. The van der Waals surface area contributed by atoms with Gasteiger partial charge in [0.25, 0.3) is 0 Å². The van der Waals surface area contributed by atoms with E-state index in [4.69, 9.17) is 4.74 Å². The summed E-state index contributed by atoms with van der Waals surface area (Å²) in [4.78, 5) is 0. The molecule has 0 bridgehead atoms. The minimum Gasteiger partial charge on any atom is -0.374 e. The molecule has 1 aliphatic carbocycles. The molecular formula is C16H33NO. The molecule has 1 aliphatic rings. The molecule has 18 heavy (non-hydrogen) atoms. The minimum absolute atomic E-state index is 0.398. The third-order valence-corrected chi connectivity index (χ3v) is 4.05. The van der Waals surface area contributed by atoms with Crippen LogP contribution in [0.3, 0.4) is 0 Å². The van der Waals surface area contributed by atoms with Gasteiger partial charge in [-0.3, -0.25) is 0 Å². The van der Waals surface area contributed by atoms with Gasteiger partial charge >= 0.3 is 0 Å². The molecular weight excluding hydrogens is 222 g/mol. The van der Waals surface area contributed by atoms with Crippen molar-refractivity contribution in [3.63, 3.8) is 0 Å². The maximum atomic E-state index is 6.25. The molecule has 1 unspecified atom stereocenters. The summed E-state index contributed by atoms with van der Waals surface area (Å²) in [6, 6.07) is 0. The molecule has 0 saturated heterocycles. The summed E-state index contributed by atoms with van der Waals surface area (Å²) < 4.78 is 6.25. The minimum atomic E-state index is 0.398.